The van der Waals surface area contributed by atoms with Crippen LogP contribution in [-0.4, -0.2) is 31.3 Å². The number of rotatable bonds is 2. The summed E-state index contributed by atoms with van der Waals surface area (Å²) in [5.41, 5.74) is 0.130. The van der Waals surface area contributed by atoms with Crippen molar-refractivity contribution in [1.29, 1.82) is 0 Å². The first-order valence-corrected chi connectivity index (χ1v) is 6.93. The lowest BCUT2D eigenvalue weighted by atomic mass is 9.75. The highest BCUT2D eigenvalue weighted by atomic mass is 35.5. The van der Waals surface area contributed by atoms with E-state index in [4.69, 9.17) is 20.9 Å². The molecule has 0 bridgehead atoms. The molecule has 1 fully saturated rings. The second-order valence-corrected chi connectivity index (χ2v) is 6.28. The minimum atomic E-state index is -0.606. The van der Waals surface area contributed by atoms with E-state index in [-0.39, 0.29) is 5.91 Å². The van der Waals surface area contributed by atoms with Gasteiger partial charge in [0.15, 0.2) is 0 Å². The number of carbonyl (C=O) groups is 1. The van der Waals surface area contributed by atoms with Crippen molar-refractivity contribution >= 4 is 30.1 Å². The van der Waals surface area contributed by atoms with Crippen molar-refractivity contribution in [3.63, 3.8) is 0 Å². The van der Waals surface area contributed by atoms with Crippen molar-refractivity contribution < 1.29 is 14.1 Å². The summed E-state index contributed by atoms with van der Waals surface area (Å²) in [6.07, 6.45) is 0. The second kappa shape index (κ2) is 5.06. The van der Waals surface area contributed by atoms with Gasteiger partial charge >= 0.3 is 7.12 Å². The van der Waals surface area contributed by atoms with Crippen LogP contribution in [0, 0.1) is 0 Å². The van der Waals surface area contributed by atoms with Gasteiger partial charge < -0.3 is 14.6 Å². The number of benzene rings is 1. The fraction of sp³-hybridized carbons (Fsp3) is 0.500. The summed E-state index contributed by atoms with van der Waals surface area (Å²) in [5, 5.41) is 2.98. The fourth-order valence-corrected chi connectivity index (χ4v) is 2.34. The molecule has 2 rings (SSSR count). The minimum absolute atomic E-state index is 0.250. The van der Waals surface area contributed by atoms with Gasteiger partial charge in [0.2, 0.25) is 0 Å². The monoisotopic (exact) mass is 295 g/mol. The molecule has 1 aromatic carbocycles. The highest BCUT2D eigenvalue weighted by Gasteiger charge is 2.52. The number of amides is 1. The lowest BCUT2D eigenvalue weighted by Crippen LogP contribution is -2.41. The minimum Gasteiger partial charge on any atom is -0.399 e. The van der Waals surface area contributed by atoms with Crippen molar-refractivity contribution in [2.75, 3.05) is 7.05 Å². The molecule has 6 heteroatoms. The van der Waals surface area contributed by atoms with E-state index in [9.17, 15) is 4.79 Å². The first kappa shape index (κ1) is 15.4. The zero-order chi connectivity index (χ0) is 15.1. The van der Waals surface area contributed by atoms with Gasteiger partial charge in [-0.2, -0.15) is 0 Å². The van der Waals surface area contributed by atoms with E-state index < -0.39 is 18.3 Å². The van der Waals surface area contributed by atoms with Crippen LogP contribution in [-0.2, 0) is 9.31 Å². The molecule has 1 aromatic rings. The average Bonchev–Trinajstić information content (AvgIpc) is 2.57. The predicted molar refractivity (Wildman–Crippen MR) is 80.6 cm³/mol. The summed E-state index contributed by atoms with van der Waals surface area (Å²) >= 11 is 6.15. The Morgan fingerprint density at radius 1 is 1.20 bits per heavy atom. The van der Waals surface area contributed by atoms with Gasteiger partial charge in [0.25, 0.3) is 5.91 Å². The molecule has 1 aliphatic rings. The van der Waals surface area contributed by atoms with Gasteiger partial charge in [-0.1, -0.05) is 23.7 Å². The lowest BCUT2D eigenvalue weighted by molar-refractivity contribution is 0.00578. The molecule has 0 atom stereocenters. The Labute approximate surface area is 124 Å². The topological polar surface area (TPSA) is 47.6 Å². The van der Waals surface area contributed by atoms with Gasteiger partial charge in [0, 0.05) is 7.05 Å². The summed E-state index contributed by atoms with van der Waals surface area (Å²) in [7, 11) is 0.964. The van der Waals surface area contributed by atoms with Gasteiger partial charge in [0.1, 0.15) is 0 Å². The molecule has 20 heavy (non-hydrogen) atoms. The SMILES string of the molecule is CNC(=O)c1c(Cl)cccc1B1OC(C)(C)C(C)(C)O1. The van der Waals surface area contributed by atoms with Crippen LogP contribution in [0.25, 0.3) is 0 Å². The Morgan fingerprint density at radius 2 is 1.75 bits per heavy atom. The Kier molecular flexibility index (Phi) is 3.89. The van der Waals surface area contributed by atoms with Gasteiger partial charge in [0.05, 0.1) is 21.8 Å². The van der Waals surface area contributed by atoms with E-state index in [1.165, 1.54) is 0 Å². The van der Waals surface area contributed by atoms with E-state index in [0.717, 1.165) is 0 Å². The van der Waals surface area contributed by atoms with E-state index in [0.29, 0.717) is 16.0 Å². The lowest BCUT2D eigenvalue weighted by Gasteiger charge is -2.32. The second-order valence-electron chi connectivity index (χ2n) is 5.87. The number of carbonyl (C=O) groups excluding carboxylic acids is 1. The molecular formula is C14H19BClNO3. The molecule has 0 spiro atoms. The van der Waals surface area contributed by atoms with Crippen molar-refractivity contribution in [2.45, 2.75) is 38.9 Å². The maximum absolute atomic E-state index is 12.0. The molecule has 108 valence electrons. The zero-order valence-corrected chi connectivity index (χ0v) is 13.2. The largest absolute Gasteiger partial charge is 0.495 e. The van der Waals surface area contributed by atoms with Crippen LogP contribution in [0.3, 0.4) is 0 Å². The summed E-state index contributed by atoms with van der Waals surface area (Å²) in [6, 6.07) is 5.27. The van der Waals surface area contributed by atoms with Crippen LogP contribution in [0.1, 0.15) is 38.1 Å². The Balaban J connectivity index is 2.46. The van der Waals surface area contributed by atoms with Crippen LogP contribution < -0.4 is 10.8 Å². The smallest absolute Gasteiger partial charge is 0.399 e. The van der Waals surface area contributed by atoms with E-state index >= 15 is 0 Å². The van der Waals surface area contributed by atoms with E-state index in [2.05, 4.69) is 5.32 Å². The zero-order valence-electron chi connectivity index (χ0n) is 12.4. The Bertz CT molecular complexity index is 529. The summed E-state index contributed by atoms with van der Waals surface area (Å²) in [5.74, 6) is -0.250. The summed E-state index contributed by atoms with van der Waals surface area (Å²) in [6.45, 7) is 7.88. The predicted octanol–water partition coefficient (Wildman–Crippen LogP) is 2.00. The van der Waals surface area contributed by atoms with Gasteiger partial charge in [-0.05, 0) is 39.2 Å². The van der Waals surface area contributed by atoms with Gasteiger partial charge in [-0.25, -0.2) is 0 Å². The van der Waals surface area contributed by atoms with Gasteiger partial charge in [-0.15, -0.1) is 0 Å². The molecule has 0 aromatic heterocycles. The van der Waals surface area contributed by atoms with Crippen molar-refractivity contribution in [2.24, 2.45) is 0 Å². The summed E-state index contributed by atoms with van der Waals surface area (Å²) < 4.78 is 12.0. The van der Waals surface area contributed by atoms with E-state index in [1.807, 2.05) is 27.7 Å². The Morgan fingerprint density at radius 3 is 2.25 bits per heavy atom. The number of hydrogen-bond donors (Lipinski definition) is 1. The summed E-state index contributed by atoms with van der Waals surface area (Å²) in [4.78, 5) is 12.0. The molecule has 0 unspecified atom stereocenters. The molecule has 4 nitrogen and oxygen atoms in total. The maximum Gasteiger partial charge on any atom is 0.495 e. The maximum atomic E-state index is 12.0. The normalized spacial score (nSPS) is 20.0. The number of hydrogen-bond acceptors (Lipinski definition) is 3. The van der Waals surface area contributed by atoms with Crippen molar-refractivity contribution in [3.8, 4) is 0 Å². The average molecular weight is 296 g/mol. The number of nitrogens with one attached hydrogen (secondary N) is 1. The molecular weight excluding hydrogens is 276 g/mol. The van der Waals surface area contributed by atoms with Crippen LogP contribution >= 0.6 is 11.6 Å². The molecule has 1 amide bonds. The molecule has 0 saturated carbocycles. The highest BCUT2D eigenvalue weighted by Crippen LogP contribution is 2.37. The fourth-order valence-electron chi connectivity index (χ4n) is 2.07. The molecule has 1 saturated heterocycles. The van der Waals surface area contributed by atoms with E-state index in [1.54, 1.807) is 25.2 Å². The van der Waals surface area contributed by atoms with Crippen LogP contribution in [0.15, 0.2) is 18.2 Å². The van der Waals surface area contributed by atoms with Crippen LogP contribution in [0.2, 0.25) is 5.02 Å². The third-order valence-corrected chi connectivity index (χ3v) is 4.32. The Hall–Kier alpha value is -1.04. The van der Waals surface area contributed by atoms with Crippen molar-refractivity contribution in [3.05, 3.63) is 28.8 Å². The number of halogens is 1. The standard InChI is InChI=1S/C14H19BClNO3/c1-13(2)14(3,4)20-15(19-13)9-7-6-8-10(16)11(9)12(18)17-5/h6-8H,1-5H3,(H,17,18). The third kappa shape index (κ3) is 2.46. The molecule has 0 radical (unpaired) electrons. The van der Waals surface area contributed by atoms with Crippen molar-refractivity contribution in [1.82, 2.24) is 5.32 Å². The highest BCUT2D eigenvalue weighted by molar-refractivity contribution is 6.64. The molecule has 1 aliphatic heterocycles. The van der Waals surface area contributed by atoms with Gasteiger partial charge in [-0.3, -0.25) is 4.79 Å². The quantitative estimate of drug-likeness (QED) is 0.849. The molecule has 1 heterocycles. The van der Waals surface area contributed by atoms with Crippen LogP contribution in [0.4, 0.5) is 0 Å². The molecule has 1 N–H and O–H groups in total. The molecule has 0 aliphatic carbocycles. The first-order valence-electron chi connectivity index (χ1n) is 6.56. The first-order chi connectivity index (χ1) is 9.19. The third-order valence-electron chi connectivity index (χ3n) is 4.01. The van der Waals surface area contributed by atoms with Crippen LogP contribution in [0.5, 0.6) is 0 Å².